The maximum atomic E-state index is 12.9. The van der Waals surface area contributed by atoms with Gasteiger partial charge in [-0.15, -0.1) is 0 Å². The van der Waals surface area contributed by atoms with Crippen LogP contribution in [0, 0.1) is 0 Å². The Morgan fingerprint density at radius 3 is 1.64 bits per heavy atom. The summed E-state index contributed by atoms with van der Waals surface area (Å²) in [4.78, 5) is 24.8. The summed E-state index contributed by atoms with van der Waals surface area (Å²) in [5.41, 5.74) is 0. The van der Waals surface area contributed by atoms with Gasteiger partial charge in [0, 0.05) is 13.8 Å². The summed E-state index contributed by atoms with van der Waals surface area (Å²) in [5.74, 6) is -1.86. The Hall–Kier alpha value is -2.16. The Morgan fingerprint density at radius 2 is 1.10 bits per heavy atom. The van der Waals surface area contributed by atoms with Crippen molar-refractivity contribution in [3.05, 3.63) is 0 Å². The fourth-order valence-corrected chi connectivity index (χ4v) is 8.27. The molecule has 24 atom stereocenters. The van der Waals surface area contributed by atoms with Gasteiger partial charge in [-0.1, -0.05) is 0 Å². The standard InChI is InChI=1S/C34H60N2O31S2/c1-9-18(43)22(47)24(49)32(60-9)66-29-17(36-11(3)41)31(63-16(8-59-69(55,56)57)28(29)65-33-25(50)23(48)20(45)14(5-38)61-33)67-30-21(46)15(6-39)62-34(26(30)51)64-27(13(42)7-58-68(52,53)54)19(44)12(4-37)35-10(2)40/h9,12-34,37-39,42-51H,4-8H2,1-3H3,(H,35,40)(H,36,41)(H,52,53,54)(H,55,56,57)/t9-,12-,13+,14+,15+,16+,17+,18+,19+,20-,21-,22+,23-,24-,25+,26+,27+,28+,29+,30-,31-,32-,33-,34-/m0/s1. The zero-order valence-electron chi connectivity index (χ0n) is 36.4. The van der Waals surface area contributed by atoms with Crippen LogP contribution in [-0.4, -0.2) is 284 Å². The Bertz CT molecular complexity index is 1870. The Kier molecular flexibility index (Phi) is 21.7. The molecule has 0 saturated carbocycles. The molecule has 4 rings (SSSR count). The van der Waals surface area contributed by atoms with Crippen LogP contribution in [0.2, 0.25) is 0 Å². The van der Waals surface area contributed by atoms with E-state index < -0.39 is 213 Å². The van der Waals surface area contributed by atoms with E-state index in [1.54, 1.807) is 0 Å². The number of nitrogens with one attached hydrogen (secondary N) is 2. The first kappa shape index (κ1) is 59.4. The lowest BCUT2D eigenvalue weighted by atomic mass is 9.93. The summed E-state index contributed by atoms with van der Waals surface area (Å²) in [6.07, 6.45) is -46.3. The Labute approximate surface area is 391 Å². The molecule has 35 heteroatoms. The molecule has 17 N–H and O–H groups in total. The van der Waals surface area contributed by atoms with Crippen LogP contribution in [0.25, 0.3) is 0 Å². The molecule has 0 bridgehead atoms. The topological polar surface area (TPSA) is 522 Å². The van der Waals surface area contributed by atoms with Crippen molar-refractivity contribution in [1.29, 1.82) is 0 Å². The first-order valence-electron chi connectivity index (χ1n) is 20.7. The maximum Gasteiger partial charge on any atom is 0.397 e. The first-order chi connectivity index (χ1) is 32.0. The van der Waals surface area contributed by atoms with E-state index in [-0.39, 0.29) is 0 Å². The second-order valence-electron chi connectivity index (χ2n) is 16.2. The molecule has 0 aromatic carbocycles. The van der Waals surface area contributed by atoms with Crippen molar-refractivity contribution in [2.45, 2.75) is 168 Å². The van der Waals surface area contributed by atoms with Crippen LogP contribution in [-0.2, 0) is 76.6 Å². The van der Waals surface area contributed by atoms with Crippen LogP contribution < -0.4 is 10.6 Å². The summed E-state index contributed by atoms with van der Waals surface area (Å²) < 4.78 is 120. The van der Waals surface area contributed by atoms with Crippen molar-refractivity contribution in [1.82, 2.24) is 10.6 Å². The summed E-state index contributed by atoms with van der Waals surface area (Å²) >= 11 is 0. The minimum Gasteiger partial charge on any atom is -0.394 e. The molecule has 33 nitrogen and oxygen atoms in total. The zero-order valence-corrected chi connectivity index (χ0v) is 38.1. The predicted octanol–water partition coefficient (Wildman–Crippen LogP) is -11.3. The fourth-order valence-electron chi connectivity index (χ4n) is 7.65. The minimum absolute atomic E-state index is 0.862. The second kappa shape index (κ2) is 25.2. The Balaban J connectivity index is 1.83. The number of hydrogen-bond acceptors (Lipinski definition) is 29. The molecule has 4 aliphatic rings. The number of carbonyl (C=O) groups excluding carboxylic acids is 2. The lowest BCUT2D eigenvalue weighted by Gasteiger charge is -2.51. The van der Waals surface area contributed by atoms with E-state index in [4.69, 9.17) is 42.4 Å². The average Bonchev–Trinajstić information content (AvgIpc) is 3.26. The van der Waals surface area contributed by atoms with Crippen molar-refractivity contribution in [2.75, 3.05) is 33.0 Å². The number of rotatable bonds is 22. The smallest absolute Gasteiger partial charge is 0.394 e. The van der Waals surface area contributed by atoms with E-state index in [9.17, 15) is 97.4 Å². The van der Waals surface area contributed by atoms with E-state index in [2.05, 4.69) is 19.0 Å². The molecular formula is C34H60N2O31S2. The summed E-state index contributed by atoms with van der Waals surface area (Å²) in [6, 6.07) is -3.74. The normalized spacial score (nSPS) is 40.8. The summed E-state index contributed by atoms with van der Waals surface area (Å²) in [7, 11) is -10.7. The van der Waals surface area contributed by atoms with Crippen LogP contribution in [0.3, 0.4) is 0 Å². The molecule has 0 aromatic heterocycles. The molecule has 0 spiro atoms. The molecule has 69 heavy (non-hydrogen) atoms. The lowest BCUT2D eigenvalue weighted by Crippen LogP contribution is -2.71. The highest BCUT2D eigenvalue weighted by Gasteiger charge is 2.57. The summed E-state index contributed by atoms with van der Waals surface area (Å²) in [6.45, 7) is -2.96. The van der Waals surface area contributed by atoms with Crippen molar-refractivity contribution in [3.63, 3.8) is 0 Å². The van der Waals surface area contributed by atoms with Gasteiger partial charge in [0.2, 0.25) is 11.8 Å². The molecule has 4 fully saturated rings. The average molecular weight is 1060 g/mol. The van der Waals surface area contributed by atoms with E-state index >= 15 is 0 Å². The highest BCUT2D eigenvalue weighted by atomic mass is 32.3. The third-order valence-corrected chi connectivity index (χ3v) is 12.0. The van der Waals surface area contributed by atoms with Gasteiger partial charge in [-0.25, -0.2) is 8.37 Å². The van der Waals surface area contributed by atoms with Crippen molar-refractivity contribution >= 4 is 32.6 Å². The van der Waals surface area contributed by atoms with Gasteiger partial charge >= 0.3 is 20.8 Å². The lowest BCUT2D eigenvalue weighted by molar-refractivity contribution is -0.387. The van der Waals surface area contributed by atoms with Gasteiger partial charge in [-0.2, -0.15) is 16.8 Å². The molecule has 4 aliphatic heterocycles. The monoisotopic (exact) mass is 1060 g/mol. The largest absolute Gasteiger partial charge is 0.397 e. The molecule has 0 radical (unpaired) electrons. The number of hydrogen-bond donors (Lipinski definition) is 17. The van der Waals surface area contributed by atoms with Crippen LogP contribution >= 0.6 is 0 Å². The number of amides is 2. The highest BCUT2D eigenvalue weighted by Crippen LogP contribution is 2.37. The fraction of sp³-hybridized carbons (Fsp3) is 0.941. The molecule has 0 aromatic rings. The predicted molar refractivity (Wildman–Crippen MR) is 211 cm³/mol. The van der Waals surface area contributed by atoms with Crippen LogP contribution in [0.5, 0.6) is 0 Å². The van der Waals surface area contributed by atoms with Gasteiger partial charge in [-0.3, -0.25) is 18.7 Å². The summed E-state index contributed by atoms with van der Waals surface area (Å²) in [5, 5.41) is 144. The molecular weight excluding hydrogens is 996 g/mol. The van der Waals surface area contributed by atoms with Crippen molar-refractivity contribution in [3.8, 4) is 0 Å². The third kappa shape index (κ3) is 15.4. The molecule has 0 aliphatic carbocycles. The van der Waals surface area contributed by atoms with Gasteiger partial charge < -0.3 is 115 Å². The van der Waals surface area contributed by atoms with Gasteiger partial charge in [0.1, 0.15) is 110 Å². The number of carbonyl (C=O) groups is 2. The molecule has 4 saturated heterocycles. The van der Waals surface area contributed by atoms with E-state index in [1.807, 2.05) is 0 Å². The SMILES string of the molecule is CC(=O)N[C@H]1[C@H](O[C@H]2[C@@H](O)[C@@H](CO)O[C@@H](O[C@@H]([C@H](O)[C@H](CO)NC(C)=O)[C@H](O)COS(=O)(=O)O)[C@@H]2O)O[C@H](COS(=O)(=O)O)[C@@H](O[C@@H]2O[C@H](CO)[C@H](O)[C@H](O)[C@H]2O)[C@@H]1O[C@@H]1O[C@@H](C)[C@@H](O)[C@@H](O)[C@@H]1O. The first-order valence-corrected chi connectivity index (χ1v) is 23.4. The zero-order chi connectivity index (χ0) is 52.0. The van der Waals surface area contributed by atoms with Gasteiger partial charge in [0.05, 0.1) is 45.2 Å². The third-order valence-electron chi connectivity index (χ3n) is 11.1. The maximum absolute atomic E-state index is 12.9. The minimum atomic E-state index is -5.44. The van der Waals surface area contributed by atoms with E-state index in [0.29, 0.717) is 0 Å². The molecule has 404 valence electrons. The van der Waals surface area contributed by atoms with Crippen LogP contribution in [0.15, 0.2) is 0 Å². The van der Waals surface area contributed by atoms with Crippen LogP contribution in [0.4, 0.5) is 0 Å². The van der Waals surface area contributed by atoms with Gasteiger partial charge in [0.15, 0.2) is 25.2 Å². The molecule has 2 amide bonds. The van der Waals surface area contributed by atoms with Gasteiger partial charge in [-0.05, 0) is 6.92 Å². The Morgan fingerprint density at radius 1 is 0.594 bits per heavy atom. The molecule has 0 unspecified atom stereocenters. The highest BCUT2D eigenvalue weighted by molar-refractivity contribution is 7.81. The number of aliphatic hydroxyl groups is 13. The van der Waals surface area contributed by atoms with Crippen LogP contribution in [0.1, 0.15) is 20.8 Å². The van der Waals surface area contributed by atoms with E-state index in [1.165, 1.54) is 6.92 Å². The van der Waals surface area contributed by atoms with E-state index in [0.717, 1.165) is 13.8 Å². The molecule has 4 heterocycles. The van der Waals surface area contributed by atoms with Gasteiger partial charge in [0.25, 0.3) is 0 Å². The van der Waals surface area contributed by atoms with Crippen molar-refractivity contribution < 1.29 is 148 Å². The second-order valence-corrected chi connectivity index (χ2v) is 18.4. The number of ether oxygens (including phenoxy) is 8. The van der Waals surface area contributed by atoms with Crippen molar-refractivity contribution in [2.24, 2.45) is 0 Å². The quantitative estimate of drug-likeness (QED) is 0.0448. The number of aliphatic hydroxyl groups excluding tert-OH is 13.